The van der Waals surface area contributed by atoms with Crippen LogP contribution in [0.1, 0.15) is 8.29 Å². The number of aliphatic imine (C=N–C) groups is 2. The summed E-state index contributed by atoms with van der Waals surface area (Å²) >= 11 is 1.21. The van der Waals surface area contributed by atoms with Crippen LogP contribution in [0.3, 0.4) is 0 Å². The molecule has 0 aromatic heterocycles. The number of rotatable bonds is 2. The summed E-state index contributed by atoms with van der Waals surface area (Å²) in [4.78, 5) is 18.7. The molecule has 1 aliphatic rings. The van der Waals surface area contributed by atoms with Gasteiger partial charge >= 0.3 is 118 Å². The number of nitrogens with one attached hydrogen (secondary N) is 2. The molecule has 0 aromatic rings. The molecule has 6 heteroatoms. The molecule has 0 bridgehead atoms. The molecule has 92 valence electrons. The molecule has 0 fully saturated rings. The van der Waals surface area contributed by atoms with Gasteiger partial charge in [-0.2, -0.15) is 0 Å². The van der Waals surface area contributed by atoms with Crippen molar-refractivity contribution >= 4 is 22.5 Å². The Bertz CT molecular complexity index is 578. The Morgan fingerprint density at radius 2 is 2.61 bits per heavy atom. The third-order valence-electron chi connectivity index (χ3n) is 1.86. The number of carbonyl (C=O) groups is 1. The summed E-state index contributed by atoms with van der Waals surface area (Å²) in [7, 11) is 1.67. The van der Waals surface area contributed by atoms with E-state index in [-0.39, 0.29) is 0 Å². The van der Waals surface area contributed by atoms with E-state index in [1.807, 2.05) is 0 Å². The molecule has 0 saturated carbocycles. The molecule has 1 aliphatic heterocycles. The molecule has 0 unspecified atom stereocenters. The SMILES string of the molecule is [3H]C(=O)N[C-]=C(C#CC)C=C1NC=NC(=NC)[C]1=[W]. The van der Waals surface area contributed by atoms with E-state index < -0.39 is 6.39 Å². The Morgan fingerprint density at radius 1 is 1.83 bits per heavy atom. The maximum absolute atomic E-state index is 10.6. The number of hydrogen-bond donors (Lipinski definition) is 2. The molecule has 0 aromatic carbocycles. The van der Waals surface area contributed by atoms with Crippen LogP contribution in [0.25, 0.3) is 0 Å². The van der Waals surface area contributed by atoms with Crippen LogP contribution in [0.5, 0.6) is 0 Å². The topological polar surface area (TPSA) is 65.8 Å². The van der Waals surface area contributed by atoms with E-state index in [1.54, 1.807) is 26.4 Å². The molecular formula is C12H11N4OW-. The van der Waals surface area contributed by atoms with Crippen LogP contribution < -0.4 is 10.6 Å². The average molecular weight is 413 g/mol. The zero-order valence-corrected chi connectivity index (χ0v) is 12.8. The summed E-state index contributed by atoms with van der Waals surface area (Å²) < 4.78 is 7.72. The zero-order chi connectivity index (χ0) is 14.3. The van der Waals surface area contributed by atoms with Crippen molar-refractivity contribution in [3.63, 3.8) is 0 Å². The first-order valence-corrected chi connectivity index (χ1v) is 6.39. The fourth-order valence-electron chi connectivity index (χ4n) is 1.15. The van der Waals surface area contributed by atoms with E-state index in [1.165, 1.54) is 19.4 Å². The Hall–Kier alpha value is -1.79. The summed E-state index contributed by atoms with van der Waals surface area (Å²) in [6.07, 6.45) is 4.91. The summed E-state index contributed by atoms with van der Waals surface area (Å²) in [5.74, 6) is 6.17. The third kappa shape index (κ3) is 3.90. The van der Waals surface area contributed by atoms with Gasteiger partial charge in [0.25, 0.3) is 0 Å². The molecular weight excluding hydrogens is 400 g/mol. The van der Waals surface area contributed by atoms with Crippen molar-refractivity contribution in [2.24, 2.45) is 9.98 Å². The van der Waals surface area contributed by atoms with Gasteiger partial charge in [0, 0.05) is 0 Å². The predicted molar refractivity (Wildman–Crippen MR) is 67.5 cm³/mol. The monoisotopic (exact) mass is 413 g/mol. The summed E-state index contributed by atoms with van der Waals surface area (Å²) in [5.41, 5.74) is 1.27. The normalized spacial score (nSPS) is 20.0. The second-order valence-corrected chi connectivity index (χ2v) is 4.44. The van der Waals surface area contributed by atoms with Gasteiger partial charge in [-0.05, 0) is 0 Å². The van der Waals surface area contributed by atoms with E-state index in [0.717, 1.165) is 9.59 Å². The van der Waals surface area contributed by atoms with Crippen molar-refractivity contribution in [2.75, 3.05) is 7.05 Å². The molecule has 18 heavy (non-hydrogen) atoms. The predicted octanol–water partition coefficient (Wildman–Crippen LogP) is -0.294. The average Bonchev–Trinajstić information content (AvgIpc) is 2.38. The quantitative estimate of drug-likeness (QED) is 0.283. The van der Waals surface area contributed by atoms with Crippen LogP contribution >= 0.6 is 0 Å². The van der Waals surface area contributed by atoms with Crippen molar-refractivity contribution in [1.29, 1.82) is 0 Å². The Labute approximate surface area is 118 Å². The number of amides is 1. The van der Waals surface area contributed by atoms with Crippen LogP contribution in [0.2, 0.25) is 0 Å². The van der Waals surface area contributed by atoms with Crippen LogP contribution in [0.15, 0.2) is 27.3 Å². The molecule has 0 aliphatic carbocycles. The van der Waals surface area contributed by atoms with E-state index in [2.05, 4.69) is 38.7 Å². The molecule has 1 heterocycles. The molecule has 0 saturated heterocycles. The number of amidine groups is 1. The van der Waals surface area contributed by atoms with E-state index in [0.29, 0.717) is 11.4 Å². The molecule has 0 radical (unpaired) electrons. The number of carbonyl (C=O) groups excluding carboxylic acids is 1. The Kier molecular flexibility index (Phi) is 5.29. The second-order valence-electron chi connectivity index (χ2n) is 2.98. The maximum atomic E-state index is 10.6. The molecule has 0 spiro atoms. The first-order valence-electron chi connectivity index (χ1n) is 5.43. The Morgan fingerprint density at radius 3 is 3.22 bits per heavy atom. The number of nitrogens with zero attached hydrogens (tertiary/aromatic N) is 2. The van der Waals surface area contributed by atoms with E-state index in [9.17, 15) is 4.79 Å². The zero-order valence-electron chi connectivity index (χ0n) is 10.9. The van der Waals surface area contributed by atoms with Gasteiger partial charge in [-0.3, -0.25) is 0 Å². The van der Waals surface area contributed by atoms with E-state index in [4.69, 9.17) is 1.37 Å². The van der Waals surface area contributed by atoms with Crippen molar-refractivity contribution in [1.82, 2.24) is 10.6 Å². The molecule has 2 N–H and O–H groups in total. The fraction of sp³-hybridized carbons (Fsp3) is 0.167. The van der Waals surface area contributed by atoms with Crippen molar-refractivity contribution in [3.8, 4) is 11.8 Å². The summed E-state index contributed by atoms with van der Waals surface area (Å²) in [6, 6.07) is 0. The van der Waals surface area contributed by atoms with Gasteiger partial charge in [-0.1, -0.05) is 0 Å². The first-order chi connectivity index (χ1) is 9.08. The molecule has 5 nitrogen and oxygen atoms in total. The van der Waals surface area contributed by atoms with Crippen molar-refractivity contribution in [3.05, 3.63) is 23.5 Å². The third-order valence-corrected chi connectivity index (χ3v) is 3.31. The van der Waals surface area contributed by atoms with E-state index >= 15 is 0 Å². The van der Waals surface area contributed by atoms with Crippen molar-refractivity contribution in [2.45, 2.75) is 6.92 Å². The van der Waals surface area contributed by atoms with Crippen LogP contribution in [-0.4, -0.2) is 29.5 Å². The fourth-order valence-corrected chi connectivity index (χ4v) is 2.09. The van der Waals surface area contributed by atoms with Gasteiger partial charge < -0.3 is 0 Å². The Balaban J connectivity index is 3.06. The van der Waals surface area contributed by atoms with Gasteiger partial charge in [0.2, 0.25) is 0 Å². The van der Waals surface area contributed by atoms with Crippen LogP contribution in [0.4, 0.5) is 0 Å². The molecule has 1 amide bonds. The van der Waals surface area contributed by atoms with Crippen LogP contribution in [0, 0.1) is 18.0 Å². The van der Waals surface area contributed by atoms with Gasteiger partial charge in [0.05, 0.1) is 0 Å². The molecule has 0 atom stereocenters. The van der Waals surface area contributed by atoms with Crippen molar-refractivity contribution < 1.29 is 25.5 Å². The first kappa shape index (κ1) is 12.7. The number of hydrogen-bond acceptors (Lipinski definition) is 3. The second kappa shape index (κ2) is 7.52. The summed E-state index contributed by atoms with van der Waals surface area (Å²) in [6.45, 7) is 1.68. The van der Waals surface area contributed by atoms with Gasteiger partial charge in [0.1, 0.15) is 0 Å². The standard InChI is InChI=1S/C12H11N4O.W/c1-3-4-10(7-14-9-17)5-11-6-12(13-2)16-8-15-11;/h5,8-9H,1-2H3,(H,14,17)(H,13,15,16);/q-1;/i9T;. The van der Waals surface area contributed by atoms with Gasteiger partial charge in [-0.25, -0.2) is 0 Å². The van der Waals surface area contributed by atoms with Gasteiger partial charge in [-0.15, -0.1) is 0 Å². The van der Waals surface area contributed by atoms with Gasteiger partial charge in [0.15, 0.2) is 0 Å². The molecule has 1 rings (SSSR count). The summed E-state index contributed by atoms with van der Waals surface area (Å²) in [5, 5.41) is 5.15. The number of allylic oxidation sites excluding steroid dienone is 2. The minimum absolute atomic E-state index is 0.468. The minimum atomic E-state index is -0.936. The van der Waals surface area contributed by atoms with Crippen LogP contribution in [-0.2, 0) is 24.1 Å².